The van der Waals surface area contributed by atoms with Gasteiger partial charge in [0.05, 0.1) is 16.4 Å². The molecule has 0 saturated carbocycles. The Balaban J connectivity index is 1.32. The molecule has 9 aromatic rings. The van der Waals surface area contributed by atoms with E-state index in [0.29, 0.717) is 16.7 Å². The molecule has 5 heteroatoms. The average Bonchev–Trinajstić information content (AvgIpc) is 3.50. The Morgan fingerprint density at radius 1 is 0.431 bits per heavy atom. The van der Waals surface area contributed by atoms with E-state index < -0.39 is 0 Å². The lowest BCUT2D eigenvalue weighted by Crippen LogP contribution is -2.09. The standard InChI is InChI=1S/C46H33N3O2/c1-32-28-45(50)42-31-39(24-27-46(42)51-32)49-43-25-22-37(47(33-14-6-2-7-15-33)34-16-8-3-9-17-34)29-40(43)41-30-38(23-26-44(41)49)48(35-18-10-4-11-19-35)36-20-12-5-13-21-36/h2-31H,1H3. The highest BCUT2D eigenvalue weighted by atomic mass is 16.3. The lowest BCUT2D eigenvalue weighted by Gasteiger charge is -2.26. The largest absolute Gasteiger partial charge is 0.461 e. The number of aromatic nitrogens is 1. The highest BCUT2D eigenvalue weighted by Crippen LogP contribution is 2.42. The highest BCUT2D eigenvalue weighted by Gasteiger charge is 2.20. The normalized spacial score (nSPS) is 11.3. The van der Waals surface area contributed by atoms with E-state index in [9.17, 15) is 4.79 Å². The third-order valence-electron chi connectivity index (χ3n) is 9.40. The molecule has 0 saturated heterocycles. The number of nitrogens with zero attached hydrogens (tertiary/aromatic N) is 3. The van der Waals surface area contributed by atoms with Crippen molar-refractivity contribution in [1.82, 2.24) is 4.57 Å². The van der Waals surface area contributed by atoms with Gasteiger partial charge in [0.2, 0.25) is 0 Å². The molecule has 0 bridgehead atoms. The van der Waals surface area contributed by atoms with Crippen LogP contribution in [-0.4, -0.2) is 4.57 Å². The van der Waals surface area contributed by atoms with E-state index in [4.69, 9.17) is 4.42 Å². The summed E-state index contributed by atoms with van der Waals surface area (Å²) < 4.78 is 8.17. The van der Waals surface area contributed by atoms with Crippen molar-refractivity contribution in [2.75, 3.05) is 9.80 Å². The first-order valence-electron chi connectivity index (χ1n) is 17.1. The second-order valence-corrected chi connectivity index (χ2v) is 12.7. The summed E-state index contributed by atoms with van der Waals surface area (Å²) in [4.78, 5) is 17.7. The maximum Gasteiger partial charge on any atom is 0.193 e. The van der Waals surface area contributed by atoms with E-state index in [-0.39, 0.29) is 5.43 Å². The van der Waals surface area contributed by atoms with E-state index in [0.717, 1.165) is 61.6 Å². The summed E-state index contributed by atoms with van der Waals surface area (Å²) in [7, 11) is 0. The van der Waals surface area contributed by atoms with Crippen molar-refractivity contribution in [3.63, 3.8) is 0 Å². The molecule has 7 aromatic carbocycles. The van der Waals surface area contributed by atoms with Gasteiger partial charge in [-0.2, -0.15) is 0 Å². The molecule has 0 amide bonds. The van der Waals surface area contributed by atoms with Gasteiger partial charge in [-0.05, 0) is 110 Å². The molecule has 0 N–H and O–H groups in total. The van der Waals surface area contributed by atoms with Crippen molar-refractivity contribution in [2.24, 2.45) is 0 Å². The molecule has 5 nitrogen and oxygen atoms in total. The van der Waals surface area contributed by atoms with Gasteiger partial charge in [-0.25, -0.2) is 0 Å². The number of benzene rings is 7. The number of rotatable bonds is 7. The van der Waals surface area contributed by atoms with E-state index in [2.05, 4.69) is 148 Å². The second kappa shape index (κ2) is 12.6. The number of fused-ring (bicyclic) bond motifs is 4. The van der Waals surface area contributed by atoms with Gasteiger partial charge in [-0.3, -0.25) is 4.79 Å². The molecule has 51 heavy (non-hydrogen) atoms. The van der Waals surface area contributed by atoms with E-state index >= 15 is 0 Å². The van der Waals surface area contributed by atoms with Gasteiger partial charge in [0.25, 0.3) is 0 Å². The lowest BCUT2D eigenvalue weighted by atomic mass is 10.1. The molecule has 2 aromatic heterocycles. The topological polar surface area (TPSA) is 41.6 Å². The maximum absolute atomic E-state index is 13.1. The molecule has 0 spiro atoms. The monoisotopic (exact) mass is 659 g/mol. The van der Waals surface area contributed by atoms with Crippen LogP contribution in [0.1, 0.15) is 5.76 Å². The molecule has 0 unspecified atom stereocenters. The molecule has 0 aliphatic heterocycles. The van der Waals surface area contributed by atoms with Crippen LogP contribution in [0.2, 0.25) is 0 Å². The van der Waals surface area contributed by atoms with Gasteiger partial charge in [0.1, 0.15) is 11.3 Å². The average molecular weight is 660 g/mol. The Morgan fingerprint density at radius 3 is 1.29 bits per heavy atom. The summed E-state index contributed by atoms with van der Waals surface area (Å²) in [5.74, 6) is 0.597. The van der Waals surface area contributed by atoms with Crippen LogP contribution in [0, 0.1) is 6.92 Å². The summed E-state index contributed by atoms with van der Waals surface area (Å²) in [6.07, 6.45) is 0. The van der Waals surface area contributed by atoms with Crippen LogP contribution in [0.5, 0.6) is 0 Å². The van der Waals surface area contributed by atoms with Crippen LogP contribution in [0.4, 0.5) is 34.1 Å². The molecule has 2 heterocycles. The summed E-state index contributed by atoms with van der Waals surface area (Å²) in [5, 5.41) is 2.75. The molecule has 0 aliphatic rings. The minimum atomic E-state index is -0.0522. The first-order chi connectivity index (χ1) is 25.1. The fraction of sp³-hybridized carbons (Fsp3) is 0.0217. The molecule has 0 fully saturated rings. The van der Waals surface area contributed by atoms with Crippen molar-refractivity contribution >= 4 is 66.9 Å². The van der Waals surface area contributed by atoms with Gasteiger partial charge in [-0.15, -0.1) is 0 Å². The first-order valence-corrected chi connectivity index (χ1v) is 17.1. The van der Waals surface area contributed by atoms with Crippen molar-refractivity contribution in [3.8, 4) is 5.69 Å². The minimum Gasteiger partial charge on any atom is -0.461 e. The van der Waals surface area contributed by atoms with E-state index in [1.807, 2.05) is 42.5 Å². The lowest BCUT2D eigenvalue weighted by molar-refractivity contribution is 0.564. The van der Waals surface area contributed by atoms with Crippen molar-refractivity contribution in [2.45, 2.75) is 6.92 Å². The van der Waals surface area contributed by atoms with Crippen LogP contribution in [0.3, 0.4) is 0 Å². The molecule has 244 valence electrons. The Bertz CT molecular complexity index is 2500. The summed E-state index contributed by atoms with van der Waals surface area (Å²) in [6, 6.07) is 62.6. The summed E-state index contributed by atoms with van der Waals surface area (Å²) >= 11 is 0. The van der Waals surface area contributed by atoms with Crippen LogP contribution in [0.15, 0.2) is 191 Å². The van der Waals surface area contributed by atoms with Crippen LogP contribution in [-0.2, 0) is 0 Å². The number of para-hydroxylation sites is 4. The highest BCUT2D eigenvalue weighted by molar-refractivity contribution is 6.12. The smallest absolute Gasteiger partial charge is 0.193 e. The third kappa shape index (κ3) is 5.42. The second-order valence-electron chi connectivity index (χ2n) is 12.7. The van der Waals surface area contributed by atoms with Gasteiger partial charge in [-0.1, -0.05) is 72.8 Å². The molecular formula is C46H33N3O2. The quantitative estimate of drug-likeness (QED) is 0.171. The Kier molecular flexibility index (Phi) is 7.44. The predicted octanol–water partition coefficient (Wildman–Crippen LogP) is 12.1. The minimum absolute atomic E-state index is 0.0522. The zero-order valence-corrected chi connectivity index (χ0v) is 28.0. The van der Waals surface area contributed by atoms with Gasteiger partial charge < -0.3 is 18.8 Å². The van der Waals surface area contributed by atoms with E-state index in [1.54, 1.807) is 13.0 Å². The van der Waals surface area contributed by atoms with Gasteiger partial charge >= 0.3 is 0 Å². The number of hydrogen-bond donors (Lipinski definition) is 0. The molecule has 0 atom stereocenters. The Hall–Kier alpha value is -6.85. The molecule has 0 radical (unpaired) electrons. The van der Waals surface area contributed by atoms with Gasteiger partial charge in [0, 0.05) is 56.7 Å². The van der Waals surface area contributed by atoms with Gasteiger partial charge in [0.15, 0.2) is 5.43 Å². The number of aryl methyl sites for hydroxylation is 1. The fourth-order valence-electron chi connectivity index (χ4n) is 7.16. The zero-order valence-electron chi connectivity index (χ0n) is 28.0. The van der Waals surface area contributed by atoms with Crippen molar-refractivity contribution in [3.05, 3.63) is 198 Å². The predicted molar refractivity (Wildman–Crippen MR) is 211 cm³/mol. The molecule has 0 aliphatic carbocycles. The molecule has 9 rings (SSSR count). The fourth-order valence-corrected chi connectivity index (χ4v) is 7.16. The van der Waals surface area contributed by atoms with E-state index in [1.165, 1.54) is 0 Å². The number of anilines is 6. The SMILES string of the molecule is Cc1cc(=O)c2cc(-n3c4ccc(N(c5ccccc5)c5ccccc5)cc4c4cc(N(c5ccccc5)c5ccccc5)ccc43)ccc2o1. The summed E-state index contributed by atoms with van der Waals surface area (Å²) in [5.41, 5.74) is 9.87. The zero-order chi connectivity index (χ0) is 34.3. The molecular weight excluding hydrogens is 627 g/mol. The summed E-state index contributed by atoms with van der Waals surface area (Å²) in [6.45, 7) is 1.80. The van der Waals surface area contributed by atoms with Crippen molar-refractivity contribution < 1.29 is 4.42 Å². The Morgan fingerprint density at radius 2 is 0.863 bits per heavy atom. The third-order valence-corrected chi connectivity index (χ3v) is 9.40. The first kappa shape index (κ1) is 30.2. The van der Waals surface area contributed by atoms with Crippen molar-refractivity contribution in [1.29, 1.82) is 0 Å². The Labute approximate surface area is 295 Å². The maximum atomic E-state index is 13.1. The van der Waals surface area contributed by atoms with Crippen LogP contribution in [0.25, 0.3) is 38.5 Å². The van der Waals surface area contributed by atoms with Crippen LogP contribution < -0.4 is 15.2 Å². The number of hydrogen-bond acceptors (Lipinski definition) is 4. The van der Waals surface area contributed by atoms with Crippen LogP contribution >= 0.6 is 0 Å².